The van der Waals surface area contributed by atoms with E-state index in [4.69, 9.17) is 28.9 Å². The Hall–Kier alpha value is -0.740. The first kappa shape index (κ1) is 13.9. The summed E-state index contributed by atoms with van der Waals surface area (Å²) >= 11 is 12.9. The molecule has 4 aliphatic carbocycles. The minimum absolute atomic E-state index is 0.130. The van der Waals surface area contributed by atoms with Crippen molar-refractivity contribution >= 4 is 34.3 Å². The number of nitrogens with one attached hydrogen (secondary N) is 1. The predicted octanol–water partition coefficient (Wildman–Crippen LogP) is 2.56. The fourth-order valence-corrected chi connectivity index (χ4v) is 6.18. The maximum absolute atomic E-state index is 11.3. The maximum Gasteiger partial charge on any atom is 0.253 e. The number of nitrogens with two attached hydrogens (primary N) is 1. The zero-order chi connectivity index (χ0) is 14.8. The molecular formula is C15H19Cl2N3O. The van der Waals surface area contributed by atoms with Gasteiger partial charge in [-0.1, -0.05) is 23.2 Å². The molecule has 0 aromatic heterocycles. The number of aliphatic imine (C=N–C) groups is 1. The van der Waals surface area contributed by atoms with Crippen LogP contribution < -0.4 is 11.1 Å². The molecule has 0 aromatic carbocycles. The number of alkyl halides is 1. The predicted molar refractivity (Wildman–Crippen MR) is 82.8 cm³/mol. The minimum atomic E-state index is -0.918. The topological polar surface area (TPSA) is 67.5 Å². The summed E-state index contributed by atoms with van der Waals surface area (Å²) in [5, 5.41) is 2.33. The fraction of sp³-hybridized carbons (Fsp3) is 0.733. The van der Waals surface area contributed by atoms with Crippen molar-refractivity contribution in [3.63, 3.8) is 0 Å². The Kier molecular flexibility index (Phi) is 3.06. The molecule has 0 aromatic rings. The van der Waals surface area contributed by atoms with Gasteiger partial charge in [-0.2, -0.15) is 0 Å². The van der Waals surface area contributed by atoms with Gasteiger partial charge < -0.3 is 11.1 Å². The van der Waals surface area contributed by atoms with E-state index in [0.29, 0.717) is 11.8 Å². The standard InChI is InChI=1S/C15H19Cl2N3O/c16-13-11(14(18)21)6-19-15(17,20-13)12-9-2-7-1-8(4-9)5-10(12)3-7/h6-10,12,19H,1-5H2,(H2,18,21). The Balaban J connectivity index is 1.64. The van der Waals surface area contributed by atoms with Gasteiger partial charge in [0.1, 0.15) is 5.17 Å². The summed E-state index contributed by atoms with van der Waals surface area (Å²) in [6.07, 6.45) is 7.97. The Morgan fingerprint density at radius 1 is 1.24 bits per heavy atom. The molecule has 0 saturated heterocycles. The number of hydrogen-bond acceptors (Lipinski definition) is 3. The van der Waals surface area contributed by atoms with Crippen LogP contribution >= 0.6 is 23.2 Å². The Bertz CT molecular complexity index is 531. The van der Waals surface area contributed by atoms with Crippen molar-refractivity contribution in [3.8, 4) is 0 Å². The van der Waals surface area contributed by atoms with Gasteiger partial charge in [0.2, 0.25) is 5.12 Å². The summed E-state index contributed by atoms with van der Waals surface area (Å²) in [6.45, 7) is 0. The van der Waals surface area contributed by atoms with E-state index >= 15 is 0 Å². The molecule has 6 heteroatoms. The first-order valence-electron chi connectivity index (χ1n) is 7.68. The van der Waals surface area contributed by atoms with Gasteiger partial charge in [-0.05, 0) is 55.8 Å². The molecule has 1 amide bonds. The molecule has 4 bridgehead atoms. The molecule has 1 heterocycles. The molecule has 4 saturated carbocycles. The van der Waals surface area contributed by atoms with Gasteiger partial charge in [0, 0.05) is 12.1 Å². The minimum Gasteiger partial charge on any atom is -0.365 e. The van der Waals surface area contributed by atoms with Gasteiger partial charge in [0.15, 0.2) is 0 Å². The third kappa shape index (κ3) is 2.10. The summed E-state index contributed by atoms with van der Waals surface area (Å²) in [7, 11) is 0. The molecule has 5 rings (SSSR count). The average Bonchev–Trinajstić information content (AvgIpc) is 2.36. The van der Waals surface area contributed by atoms with Gasteiger partial charge in [0.25, 0.3) is 5.91 Å². The van der Waals surface area contributed by atoms with Gasteiger partial charge in [-0.25, -0.2) is 4.99 Å². The molecule has 3 N–H and O–H groups in total. The third-order valence-corrected chi connectivity index (χ3v) is 6.57. The largest absolute Gasteiger partial charge is 0.365 e. The molecule has 1 atom stereocenters. The number of amides is 1. The first-order chi connectivity index (χ1) is 9.96. The van der Waals surface area contributed by atoms with Crippen molar-refractivity contribution in [2.24, 2.45) is 40.3 Å². The lowest BCUT2D eigenvalue weighted by Gasteiger charge is -2.57. The van der Waals surface area contributed by atoms with Gasteiger partial charge >= 0.3 is 0 Å². The summed E-state index contributed by atoms with van der Waals surface area (Å²) in [5.41, 5.74) is 5.49. The van der Waals surface area contributed by atoms with Crippen molar-refractivity contribution in [1.82, 2.24) is 5.32 Å². The maximum atomic E-state index is 11.3. The molecule has 5 aliphatic rings. The van der Waals surface area contributed by atoms with Crippen LogP contribution in [0.3, 0.4) is 0 Å². The summed E-state index contributed by atoms with van der Waals surface area (Å²) in [4.78, 5) is 15.7. The third-order valence-electron chi connectivity index (χ3n) is 5.84. The molecule has 0 radical (unpaired) electrons. The van der Waals surface area contributed by atoms with Crippen molar-refractivity contribution in [2.45, 2.75) is 37.2 Å². The second kappa shape index (κ2) is 4.63. The van der Waals surface area contributed by atoms with Crippen LogP contribution in [0.4, 0.5) is 0 Å². The number of primary amides is 1. The molecule has 4 nitrogen and oxygen atoms in total. The number of halogens is 2. The highest BCUT2D eigenvalue weighted by atomic mass is 35.5. The number of hydrogen-bond donors (Lipinski definition) is 2. The Morgan fingerprint density at radius 2 is 1.81 bits per heavy atom. The van der Waals surface area contributed by atoms with Gasteiger partial charge in [-0.15, -0.1) is 0 Å². The van der Waals surface area contributed by atoms with Crippen LogP contribution in [0.25, 0.3) is 0 Å². The van der Waals surface area contributed by atoms with E-state index in [0.717, 1.165) is 11.8 Å². The molecule has 1 aliphatic heterocycles. The lowest BCUT2D eigenvalue weighted by molar-refractivity contribution is -0.114. The quantitative estimate of drug-likeness (QED) is 0.604. The second-order valence-corrected chi connectivity index (χ2v) is 8.03. The van der Waals surface area contributed by atoms with E-state index in [-0.39, 0.29) is 16.7 Å². The first-order valence-corrected chi connectivity index (χ1v) is 8.44. The highest BCUT2D eigenvalue weighted by molar-refractivity contribution is 6.72. The molecule has 1 unspecified atom stereocenters. The smallest absolute Gasteiger partial charge is 0.253 e. The number of carbonyl (C=O) groups is 1. The Morgan fingerprint density at radius 3 is 2.29 bits per heavy atom. The van der Waals surface area contributed by atoms with Crippen molar-refractivity contribution in [1.29, 1.82) is 0 Å². The summed E-state index contributed by atoms with van der Waals surface area (Å²) in [5.74, 6) is 2.69. The van der Waals surface area contributed by atoms with Crippen LogP contribution in [-0.4, -0.2) is 16.2 Å². The summed E-state index contributed by atoms with van der Waals surface area (Å²) < 4.78 is 0. The zero-order valence-electron chi connectivity index (χ0n) is 11.7. The van der Waals surface area contributed by atoms with Crippen LogP contribution in [0, 0.1) is 29.6 Å². The lowest BCUT2D eigenvalue weighted by Crippen LogP contribution is -2.57. The fourth-order valence-electron chi connectivity index (χ4n) is 5.36. The highest BCUT2D eigenvalue weighted by Gasteiger charge is 2.56. The monoisotopic (exact) mass is 327 g/mol. The highest BCUT2D eigenvalue weighted by Crippen LogP contribution is 2.60. The number of carbonyl (C=O) groups excluding carboxylic acids is 1. The number of nitrogens with zero attached hydrogens (tertiary/aromatic N) is 1. The average molecular weight is 328 g/mol. The molecular weight excluding hydrogens is 309 g/mol. The van der Waals surface area contributed by atoms with Crippen LogP contribution in [0.1, 0.15) is 32.1 Å². The van der Waals surface area contributed by atoms with Crippen LogP contribution in [0.15, 0.2) is 16.8 Å². The van der Waals surface area contributed by atoms with Crippen molar-refractivity contribution < 1.29 is 4.79 Å². The SMILES string of the molecule is NC(=O)C1=CNC(Cl)(C2C3CC4CC(C3)CC2C4)N=C1Cl. The second-order valence-electron chi connectivity index (χ2n) is 7.10. The molecule has 0 spiro atoms. The molecule has 114 valence electrons. The summed E-state index contributed by atoms with van der Waals surface area (Å²) in [6, 6.07) is 0. The number of rotatable bonds is 2. The molecule has 4 fully saturated rings. The van der Waals surface area contributed by atoms with E-state index in [1.165, 1.54) is 38.3 Å². The van der Waals surface area contributed by atoms with E-state index in [9.17, 15) is 4.79 Å². The van der Waals surface area contributed by atoms with E-state index in [1.807, 2.05) is 0 Å². The van der Waals surface area contributed by atoms with Crippen LogP contribution in [-0.2, 0) is 4.79 Å². The molecule has 21 heavy (non-hydrogen) atoms. The van der Waals surface area contributed by atoms with Crippen LogP contribution in [0.2, 0.25) is 0 Å². The normalized spacial score (nSPS) is 47.6. The van der Waals surface area contributed by atoms with E-state index in [1.54, 1.807) is 0 Å². The van der Waals surface area contributed by atoms with Gasteiger partial charge in [0.05, 0.1) is 5.57 Å². The Labute approximate surface area is 134 Å². The zero-order valence-corrected chi connectivity index (χ0v) is 13.2. The lowest BCUT2D eigenvalue weighted by atomic mass is 9.51. The van der Waals surface area contributed by atoms with Crippen LogP contribution in [0.5, 0.6) is 0 Å². The van der Waals surface area contributed by atoms with E-state index < -0.39 is 11.0 Å². The van der Waals surface area contributed by atoms with Crippen molar-refractivity contribution in [2.75, 3.05) is 0 Å². The van der Waals surface area contributed by atoms with Gasteiger partial charge in [-0.3, -0.25) is 4.79 Å². The van der Waals surface area contributed by atoms with E-state index in [2.05, 4.69) is 10.3 Å². The van der Waals surface area contributed by atoms with Crippen molar-refractivity contribution in [3.05, 3.63) is 11.8 Å².